The van der Waals surface area contributed by atoms with Gasteiger partial charge in [-0.15, -0.1) is 0 Å². The zero-order valence-electron chi connectivity index (χ0n) is 12.3. The highest BCUT2D eigenvalue weighted by atomic mass is 35.5. The van der Waals surface area contributed by atoms with Crippen LogP contribution in [0.3, 0.4) is 0 Å². The van der Waals surface area contributed by atoms with Gasteiger partial charge in [0.05, 0.1) is 6.20 Å². The van der Waals surface area contributed by atoms with Crippen molar-refractivity contribution in [2.75, 3.05) is 0 Å². The molecule has 7 heteroatoms. The molecule has 2 bridgehead atoms. The second kappa shape index (κ2) is 6.11. The summed E-state index contributed by atoms with van der Waals surface area (Å²) in [5, 5.41) is 7.72. The van der Waals surface area contributed by atoms with E-state index in [1.165, 1.54) is 17.8 Å². The fourth-order valence-corrected chi connectivity index (χ4v) is 4.05. The monoisotopic (exact) mass is 349 g/mol. The van der Waals surface area contributed by atoms with E-state index in [1.54, 1.807) is 30.5 Å². The molecule has 2 N–H and O–H groups in total. The van der Waals surface area contributed by atoms with E-state index < -0.39 is 0 Å². The lowest BCUT2D eigenvalue weighted by Crippen LogP contribution is -2.42. The number of thiazole rings is 1. The van der Waals surface area contributed by atoms with Crippen molar-refractivity contribution in [1.29, 1.82) is 0 Å². The Kier molecular flexibility index (Phi) is 3.97. The first-order valence-electron chi connectivity index (χ1n) is 7.63. The lowest BCUT2D eigenvalue weighted by atomic mass is 9.95. The SMILES string of the molecule is O=C(NC1CC2CCC1N2)c1cnc(Oc2ccc(Cl)cc2)s1. The van der Waals surface area contributed by atoms with Gasteiger partial charge in [-0.1, -0.05) is 22.9 Å². The van der Waals surface area contributed by atoms with Gasteiger partial charge < -0.3 is 15.4 Å². The van der Waals surface area contributed by atoms with Gasteiger partial charge in [0.2, 0.25) is 0 Å². The first-order valence-corrected chi connectivity index (χ1v) is 8.83. The predicted octanol–water partition coefficient (Wildman–Crippen LogP) is 3.21. The molecule has 120 valence electrons. The Morgan fingerprint density at radius 3 is 2.87 bits per heavy atom. The summed E-state index contributed by atoms with van der Waals surface area (Å²) in [6, 6.07) is 8.25. The van der Waals surface area contributed by atoms with Crippen molar-refractivity contribution in [1.82, 2.24) is 15.6 Å². The molecule has 1 aromatic heterocycles. The van der Waals surface area contributed by atoms with E-state index in [4.69, 9.17) is 16.3 Å². The minimum Gasteiger partial charge on any atom is -0.431 e. The number of carbonyl (C=O) groups is 1. The number of ether oxygens (including phenoxy) is 1. The summed E-state index contributed by atoms with van der Waals surface area (Å²) in [5.74, 6) is 0.570. The number of benzene rings is 1. The van der Waals surface area contributed by atoms with Gasteiger partial charge in [0, 0.05) is 23.1 Å². The maximum Gasteiger partial charge on any atom is 0.279 e. The van der Waals surface area contributed by atoms with Crippen LogP contribution in [0.1, 0.15) is 28.9 Å². The second-order valence-corrected chi connectivity index (χ2v) is 7.34. The Morgan fingerprint density at radius 1 is 1.35 bits per heavy atom. The Hall–Kier alpha value is -1.63. The third-order valence-corrected chi connectivity index (χ3v) is 5.47. The van der Waals surface area contributed by atoms with Gasteiger partial charge in [-0.3, -0.25) is 4.79 Å². The lowest BCUT2D eigenvalue weighted by Gasteiger charge is -2.20. The molecule has 2 fully saturated rings. The molecule has 2 aliphatic rings. The number of hydrogen-bond donors (Lipinski definition) is 2. The third kappa shape index (κ3) is 3.20. The molecule has 3 unspecified atom stereocenters. The largest absolute Gasteiger partial charge is 0.431 e. The Balaban J connectivity index is 1.39. The predicted molar refractivity (Wildman–Crippen MR) is 89.5 cm³/mol. The third-order valence-electron chi connectivity index (χ3n) is 4.34. The number of aromatic nitrogens is 1. The molecule has 0 spiro atoms. The first kappa shape index (κ1) is 14.9. The highest BCUT2D eigenvalue weighted by Crippen LogP contribution is 2.30. The summed E-state index contributed by atoms with van der Waals surface area (Å²) in [4.78, 5) is 17.1. The van der Waals surface area contributed by atoms with E-state index in [0.29, 0.717) is 32.9 Å². The van der Waals surface area contributed by atoms with Crippen molar-refractivity contribution in [3.05, 3.63) is 40.4 Å². The van der Waals surface area contributed by atoms with Crippen LogP contribution in [0.2, 0.25) is 5.02 Å². The number of fused-ring (bicyclic) bond motifs is 2. The molecule has 5 nitrogen and oxygen atoms in total. The molecule has 0 aliphatic carbocycles. The fourth-order valence-electron chi connectivity index (χ4n) is 3.24. The van der Waals surface area contributed by atoms with Gasteiger partial charge in [0.15, 0.2) is 0 Å². The van der Waals surface area contributed by atoms with Gasteiger partial charge >= 0.3 is 0 Å². The maximum atomic E-state index is 12.3. The molecule has 2 aliphatic heterocycles. The van der Waals surface area contributed by atoms with Gasteiger partial charge in [-0.2, -0.15) is 0 Å². The number of hydrogen-bond acceptors (Lipinski definition) is 5. The molecule has 0 saturated carbocycles. The Morgan fingerprint density at radius 2 is 2.17 bits per heavy atom. The van der Waals surface area contributed by atoms with Crippen LogP contribution < -0.4 is 15.4 Å². The molecule has 23 heavy (non-hydrogen) atoms. The minimum atomic E-state index is -0.0761. The zero-order chi connectivity index (χ0) is 15.8. The molecule has 3 heterocycles. The maximum absolute atomic E-state index is 12.3. The number of amides is 1. The van der Waals surface area contributed by atoms with E-state index >= 15 is 0 Å². The molecular weight excluding hydrogens is 334 g/mol. The smallest absolute Gasteiger partial charge is 0.279 e. The molecule has 2 aromatic rings. The molecule has 2 saturated heterocycles. The molecule has 1 aromatic carbocycles. The van der Waals surface area contributed by atoms with E-state index in [2.05, 4.69) is 15.6 Å². The standard InChI is InChI=1S/C16H16ClN3O2S/c17-9-1-4-11(5-2-9)22-16-18-8-14(23-16)15(21)20-13-7-10-3-6-12(13)19-10/h1-2,4-5,8,10,12-13,19H,3,6-7H2,(H,20,21). The molecule has 4 rings (SSSR count). The number of halogens is 1. The van der Waals surface area contributed by atoms with Crippen molar-refractivity contribution in [3.63, 3.8) is 0 Å². The molecular formula is C16H16ClN3O2S. The van der Waals surface area contributed by atoms with Crippen LogP contribution >= 0.6 is 22.9 Å². The molecule has 3 atom stereocenters. The lowest BCUT2D eigenvalue weighted by molar-refractivity contribution is 0.0935. The van der Waals surface area contributed by atoms with E-state index in [-0.39, 0.29) is 11.9 Å². The Bertz CT molecular complexity index is 718. The highest BCUT2D eigenvalue weighted by Gasteiger charge is 2.39. The van der Waals surface area contributed by atoms with Gasteiger partial charge in [-0.05, 0) is 43.5 Å². The fraction of sp³-hybridized carbons (Fsp3) is 0.375. The summed E-state index contributed by atoms with van der Waals surface area (Å²) < 4.78 is 5.64. The zero-order valence-corrected chi connectivity index (χ0v) is 13.9. The molecule has 1 amide bonds. The highest BCUT2D eigenvalue weighted by molar-refractivity contribution is 7.15. The van der Waals surface area contributed by atoms with Crippen LogP contribution in [0, 0.1) is 0 Å². The van der Waals surface area contributed by atoms with Crippen molar-refractivity contribution in [2.45, 2.75) is 37.4 Å². The van der Waals surface area contributed by atoms with Crippen LogP contribution in [-0.2, 0) is 0 Å². The van der Waals surface area contributed by atoms with E-state index in [9.17, 15) is 4.79 Å². The minimum absolute atomic E-state index is 0.0761. The second-order valence-electron chi connectivity index (χ2n) is 5.91. The average molecular weight is 350 g/mol. The number of nitrogens with zero attached hydrogens (tertiary/aromatic N) is 1. The van der Waals surface area contributed by atoms with Crippen molar-refractivity contribution in [3.8, 4) is 10.9 Å². The van der Waals surface area contributed by atoms with Crippen LogP contribution in [-0.4, -0.2) is 29.0 Å². The van der Waals surface area contributed by atoms with Crippen molar-refractivity contribution < 1.29 is 9.53 Å². The van der Waals surface area contributed by atoms with Crippen molar-refractivity contribution in [2.24, 2.45) is 0 Å². The average Bonchev–Trinajstić information content (AvgIpc) is 3.26. The summed E-state index contributed by atoms with van der Waals surface area (Å²) in [7, 11) is 0. The summed E-state index contributed by atoms with van der Waals surface area (Å²) >= 11 is 7.09. The summed E-state index contributed by atoms with van der Waals surface area (Å²) in [5.41, 5.74) is 0. The molecule has 0 radical (unpaired) electrons. The van der Waals surface area contributed by atoms with Crippen LogP contribution in [0.5, 0.6) is 10.9 Å². The number of carbonyl (C=O) groups excluding carboxylic acids is 1. The number of rotatable bonds is 4. The normalized spacial score (nSPS) is 25.5. The Labute approximate surface area is 143 Å². The van der Waals surface area contributed by atoms with Gasteiger partial charge in [-0.25, -0.2) is 4.98 Å². The van der Waals surface area contributed by atoms with E-state index in [0.717, 1.165) is 12.8 Å². The topological polar surface area (TPSA) is 63.2 Å². The quantitative estimate of drug-likeness (QED) is 0.889. The number of nitrogens with one attached hydrogen (secondary N) is 2. The van der Waals surface area contributed by atoms with Crippen molar-refractivity contribution >= 4 is 28.8 Å². The summed E-state index contributed by atoms with van der Waals surface area (Å²) in [6.45, 7) is 0. The van der Waals surface area contributed by atoms with Gasteiger partial charge in [0.25, 0.3) is 11.1 Å². The van der Waals surface area contributed by atoms with Crippen LogP contribution in [0.4, 0.5) is 0 Å². The van der Waals surface area contributed by atoms with Crippen LogP contribution in [0.25, 0.3) is 0 Å². The van der Waals surface area contributed by atoms with Gasteiger partial charge in [0.1, 0.15) is 10.6 Å². The first-order chi connectivity index (χ1) is 11.2. The van der Waals surface area contributed by atoms with Crippen LogP contribution in [0.15, 0.2) is 30.5 Å². The summed E-state index contributed by atoms with van der Waals surface area (Å²) in [6.07, 6.45) is 4.94. The van der Waals surface area contributed by atoms with E-state index in [1.807, 2.05) is 0 Å².